The first-order chi connectivity index (χ1) is 15.1. The van der Waals surface area contributed by atoms with Crippen LogP contribution in [-0.4, -0.2) is 97.6 Å². The highest BCUT2D eigenvalue weighted by Gasteiger charge is 2.32. The summed E-state index contributed by atoms with van der Waals surface area (Å²) in [7, 11) is 4.42. The summed E-state index contributed by atoms with van der Waals surface area (Å²) in [6.07, 6.45) is 4.31. The number of benzene rings is 1. The molecule has 2 fully saturated rings. The fraction of sp³-hybridized carbons (Fsp3) is 0.480. The maximum Gasteiger partial charge on any atom is 0.0789 e. The molecule has 31 heavy (non-hydrogen) atoms. The first-order valence-corrected chi connectivity index (χ1v) is 11.7. The van der Waals surface area contributed by atoms with E-state index in [1.165, 1.54) is 28.0 Å². The Labute approximate surface area is 190 Å². The van der Waals surface area contributed by atoms with Crippen LogP contribution in [0.3, 0.4) is 0 Å². The molecule has 1 atom stereocenters. The van der Waals surface area contributed by atoms with Crippen LogP contribution in [0.2, 0.25) is 5.02 Å². The normalized spacial score (nSPS) is 23.7. The van der Waals surface area contributed by atoms with E-state index in [-0.39, 0.29) is 6.04 Å². The zero-order valence-corrected chi connectivity index (χ0v) is 19.4. The Kier molecular flexibility index (Phi) is 6.13. The Bertz CT molecular complexity index is 958. The molecule has 1 aromatic carbocycles. The van der Waals surface area contributed by atoms with Crippen molar-refractivity contribution in [2.24, 2.45) is 0 Å². The summed E-state index contributed by atoms with van der Waals surface area (Å²) in [5.74, 6) is 0. The van der Waals surface area contributed by atoms with E-state index in [0.29, 0.717) is 0 Å². The van der Waals surface area contributed by atoms with Crippen molar-refractivity contribution in [1.29, 1.82) is 0 Å². The van der Waals surface area contributed by atoms with Crippen molar-refractivity contribution in [3.05, 3.63) is 63.9 Å². The molecule has 0 radical (unpaired) electrons. The largest absolute Gasteiger partial charge is 0.304 e. The van der Waals surface area contributed by atoms with Gasteiger partial charge in [-0.1, -0.05) is 23.7 Å². The number of nitrogens with zero attached hydrogens (tertiary/aromatic N) is 5. The maximum atomic E-state index is 6.54. The van der Waals surface area contributed by atoms with E-state index in [4.69, 9.17) is 16.6 Å². The molecule has 0 bridgehead atoms. The summed E-state index contributed by atoms with van der Waals surface area (Å²) in [5, 5.41) is 0.805. The second-order valence-corrected chi connectivity index (χ2v) is 9.64. The number of halogens is 1. The highest BCUT2D eigenvalue weighted by atomic mass is 35.5. The zero-order valence-electron chi connectivity index (χ0n) is 18.6. The third-order valence-electron chi connectivity index (χ3n) is 7.01. The Morgan fingerprint density at radius 3 is 2.39 bits per heavy atom. The molecule has 2 saturated heterocycles. The van der Waals surface area contributed by atoms with E-state index in [9.17, 15) is 0 Å². The summed E-state index contributed by atoms with van der Waals surface area (Å²) in [4.78, 5) is 14.9. The molecule has 6 heteroatoms. The van der Waals surface area contributed by atoms with Crippen LogP contribution >= 0.6 is 11.6 Å². The van der Waals surface area contributed by atoms with Crippen LogP contribution in [0.4, 0.5) is 0 Å². The Balaban J connectivity index is 1.57. The summed E-state index contributed by atoms with van der Waals surface area (Å²) < 4.78 is 0. The van der Waals surface area contributed by atoms with E-state index in [0.717, 1.165) is 63.9 Å². The van der Waals surface area contributed by atoms with Gasteiger partial charge in [-0.2, -0.15) is 0 Å². The lowest BCUT2D eigenvalue weighted by atomic mass is 9.93. The highest BCUT2D eigenvalue weighted by molar-refractivity contribution is 6.30. The van der Waals surface area contributed by atoms with E-state index in [1.807, 2.05) is 12.3 Å². The lowest BCUT2D eigenvalue weighted by Gasteiger charge is -2.38. The maximum absolute atomic E-state index is 6.54. The molecule has 3 heterocycles. The van der Waals surface area contributed by atoms with Crippen molar-refractivity contribution in [2.45, 2.75) is 6.04 Å². The van der Waals surface area contributed by atoms with Gasteiger partial charge in [0.1, 0.15) is 0 Å². The third kappa shape index (κ3) is 4.43. The van der Waals surface area contributed by atoms with Crippen LogP contribution in [0.25, 0.3) is 11.6 Å². The molecule has 0 spiro atoms. The Morgan fingerprint density at radius 1 is 0.935 bits per heavy atom. The van der Waals surface area contributed by atoms with Gasteiger partial charge in [0.05, 0.1) is 11.7 Å². The second-order valence-electron chi connectivity index (χ2n) is 9.20. The van der Waals surface area contributed by atoms with Crippen molar-refractivity contribution in [3.63, 3.8) is 0 Å². The number of rotatable bonds is 3. The van der Waals surface area contributed by atoms with Crippen LogP contribution in [-0.2, 0) is 0 Å². The fourth-order valence-corrected chi connectivity index (χ4v) is 5.24. The van der Waals surface area contributed by atoms with Crippen molar-refractivity contribution in [2.75, 3.05) is 73.0 Å². The number of likely N-dealkylation sites (N-methyl/N-ethyl adjacent to an activating group) is 2. The highest BCUT2D eigenvalue weighted by Crippen LogP contribution is 2.40. The first kappa shape index (κ1) is 21.1. The summed E-state index contributed by atoms with van der Waals surface area (Å²) in [5.41, 5.74) is 6.39. The van der Waals surface area contributed by atoms with Gasteiger partial charge in [-0.05, 0) is 60.6 Å². The minimum atomic E-state index is 0.165. The molecule has 0 saturated carbocycles. The number of piperazine rings is 2. The third-order valence-corrected chi connectivity index (χ3v) is 7.24. The van der Waals surface area contributed by atoms with Gasteiger partial charge in [-0.15, -0.1) is 0 Å². The number of fused-ring (bicyclic) bond motifs is 2. The zero-order chi connectivity index (χ0) is 21.4. The molecule has 0 amide bonds. The predicted octanol–water partition coefficient (Wildman–Crippen LogP) is 3.17. The van der Waals surface area contributed by atoms with Gasteiger partial charge in [0, 0.05) is 70.1 Å². The molecule has 1 aliphatic carbocycles. The monoisotopic (exact) mass is 437 g/mol. The van der Waals surface area contributed by atoms with E-state index >= 15 is 0 Å². The Hall–Kier alpha value is -1.76. The van der Waals surface area contributed by atoms with Gasteiger partial charge in [-0.3, -0.25) is 14.8 Å². The quantitative estimate of drug-likeness (QED) is 0.734. The summed E-state index contributed by atoms with van der Waals surface area (Å²) >= 11 is 6.54. The molecular formula is C25H32ClN5. The van der Waals surface area contributed by atoms with Gasteiger partial charge in [0.15, 0.2) is 0 Å². The Morgan fingerprint density at radius 2 is 1.65 bits per heavy atom. The van der Waals surface area contributed by atoms with Gasteiger partial charge in [0.2, 0.25) is 0 Å². The summed E-state index contributed by atoms with van der Waals surface area (Å²) in [6.45, 7) is 9.67. The molecular weight excluding hydrogens is 406 g/mol. The first-order valence-electron chi connectivity index (χ1n) is 11.4. The lowest BCUT2D eigenvalue weighted by Crippen LogP contribution is -2.46. The number of hydrogen-bond acceptors (Lipinski definition) is 5. The average Bonchev–Trinajstić information content (AvgIpc) is 2.90. The minimum absolute atomic E-state index is 0.165. The number of pyridine rings is 1. The van der Waals surface area contributed by atoms with Crippen LogP contribution in [0, 0.1) is 0 Å². The van der Waals surface area contributed by atoms with E-state index in [1.54, 1.807) is 0 Å². The molecule has 1 aromatic heterocycles. The van der Waals surface area contributed by atoms with Crippen LogP contribution in [0.15, 0.2) is 36.5 Å². The topological polar surface area (TPSA) is 25.9 Å². The molecule has 0 N–H and O–H groups in total. The van der Waals surface area contributed by atoms with Gasteiger partial charge < -0.3 is 9.80 Å². The van der Waals surface area contributed by atoms with Crippen molar-refractivity contribution in [3.8, 4) is 0 Å². The van der Waals surface area contributed by atoms with E-state index in [2.05, 4.69) is 64.0 Å². The molecule has 164 valence electrons. The molecule has 2 aliphatic heterocycles. The average molecular weight is 438 g/mol. The van der Waals surface area contributed by atoms with Crippen molar-refractivity contribution < 1.29 is 0 Å². The smallest absolute Gasteiger partial charge is 0.0789 e. The number of aromatic nitrogens is 1. The van der Waals surface area contributed by atoms with Crippen LogP contribution in [0.1, 0.15) is 28.4 Å². The van der Waals surface area contributed by atoms with Crippen molar-refractivity contribution in [1.82, 2.24) is 24.6 Å². The minimum Gasteiger partial charge on any atom is -0.304 e. The molecule has 3 aliphatic rings. The molecule has 5 nitrogen and oxygen atoms in total. The number of hydrogen-bond donors (Lipinski definition) is 0. The van der Waals surface area contributed by atoms with Gasteiger partial charge in [-0.25, -0.2) is 0 Å². The van der Waals surface area contributed by atoms with E-state index < -0.39 is 0 Å². The fourth-order valence-electron chi connectivity index (χ4n) is 5.07. The molecule has 2 aromatic rings. The predicted molar refractivity (Wildman–Crippen MR) is 128 cm³/mol. The van der Waals surface area contributed by atoms with Gasteiger partial charge in [0.25, 0.3) is 0 Å². The second kappa shape index (κ2) is 9.00. The standard InChI is InChI=1S/C25H32ClN5/c1-28-8-12-30(13-9-28)18-20-16-19-4-3-7-27-24(19)25(31-14-10-29(2)11-15-31)22-6-5-21(26)17-23(20)22/h3-7,16-17,25H,8-15,18H2,1-2H3. The van der Waals surface area contributed by atoms with Crippen LogP contribution < -0.4 is 0 Å². The molecule has 5 rings (SSSR count). The SMILES string of the molecule is CN1CCN(CC2=Cc3cccnc3C(N3CCN(C)CC3)c3ccc(Cl)cc32)CC1. The lowest BCUT2D eigenvalue weighted by molar-refractivity contribution is 0.125. The molecule has 1 unspecified atom stereocenters. The van der Waals surface area contributed by atoms with Crippen LogP contribution in [0.5, 0.6) is 0 Å². The van der Waals surface area contributed by atoms with Crippen molar-refractivity contribution >= 4 is 23.3 Å². The summed E-state index contributed by atoms with van der Waals surface area (Å²) in [6, 6.07) is 10.9. The van der Waals surface area contributed by atoms with Gasteiger partial charge >= 0.3 is 0 Å².